The highest BCUT2D eigenvalue weighted by Gasteiger charge is 2.54. The molecule has 0 aromatic carbocycles. The van der Waals surface area contributed by atoms with Gasteiger partial charge < -0.3 is 10.1 Å². The zero-order valence-electron chi connectivity index (χ0n) is 8.34. The Morgan fingerprint density at radius 2 is 2.36 bits per heavy atom. The molecule has 1 aliphatic heterocycles. The summed E-state index contributed by atoms with van der Waals surface area (Å²) in [5.41, 5.74) is -0.552. The molecule has 0 aromatic rings. The average Bonchev–Trinajstić information content (AvgIpc) is 2.53. The third-order valence-electron chi connectivity index (χ3n) is 3.44. The van der Waals surface area contributed by atoms with Crippen LogP contribution in [0.25, 0.3) is 0 Å². The maximum Gasteiger partial charge on any atom is 0.314 e. The molecule has 0 bridgehead atoms. The minimum Gasteiger partial charge on any atom is -0.469 e. The number of amides is 1. The van der Waals surface area contributed by atoms with Gasteiger partial charge in [0.25, 0.3) is 0 Å². The number of ether oxygens (including phenoxy) is 1. The first-order valence-electron chi connectivity index (χ1n) is 5.07. The van der Waals surface area contributed by atoms with Crippen LogP contribution in [0, 0.1) is 5.41 Å². The van der Waals surface area contributed by atoms with E-state index in [2.05, 4.69) is 5.32 Å². The van der Waals surface area contributed by atoms with Crippen LogP contribution >= 0.6 is 0 Å². The number of fused-ring (bicyclic) bond motifs is 1. The van der Waals surface area contributed by atoms with E-state index in [1.165, 1.54) is 7.11 Å². The van der Waals surface area contributed by atoms with E-state index >= 15 is 0 Å². The number of esters is 1. The van der Waals surface area contributed by atoms with Crippen molar-refractivity contribution in [2.24, 2.45) is 5.41 Å². The van der Waals surface area contributed by atoms with Crippen molar-refractivity contribution < 1.29 is 14.3 Å². The first-order chi connectivity index (χ1) is 6.69. The van der Waals surface area contributed by atoms with Crippen molar-refractivity contribution in [2.75, 3.05) is 7.11 Å². The Hall–Kier alpha value is -1.06. The van der Waals surface area contributed by atoms with Crippen LogP contribution in [-0.2, 0) is 14.3 Å². The topological polar surface area (TPSA) is 55.4 Å². The second-order valence-corrected chi connectivity index (χ2v) is 4.19. The Morgan fingerprint density at radius 1 is 1.57 bits per heavy atom. The van der Waals surface area contributed by atoms with Gasteiger partial charge in [-0.15, -0.1) is 0 Å². The predicted molar refractivity (Wildman–Crippen MR) is 49.5 cm³/mol. The van der Waals surface area contributed by atoms with E-state index in [-0.39, 0.29) is 17.9 Å². The Balaban J connectivity index is 2.27. The molecule has 4 nitrogen and oxygen atoms in total. The molecular formula is C10H15NO3. The summed E-state index contributed by atoms with van der Waals surface area (Å²) >= 11 is 0. The lowest BCUT2D eigenvalue weighted by atomic mass is 9.70. The molecule has 1 aliphatic carbocycles. The fourth-order valence-corrected chi connectivity index (χ4v) is 2.71. The van der Waals surface area contributed by atoms with E-state index < -0.39 is 5.41 Å². The molecule has 0 aromatic heterocycles. The molecule has 0 radical (unpaired) electrons. The molecule has 78 valence electrons. The normalized spacial score (nSPS) is 36.1. The van der Waals surface area contributed by atoms with Crippen LogP contribution in [-0.4, -0.2) is 25.0 Å². The molecule has 2 rings (SSSR count). The van der Waals surface area contributed by atoms with Crippen LogP contribution in [0.15, 0.2) is 0 Å². The molecule has 2 aliphatic rings. The Kier molecular flexibility index (Phi) is 2.21. The number of hydrogen-bond acceptors (Lipinski definition) is 3. The van der Waals surface area contributed by atoms with Crippen LogP contribution in [0.2, 0.25) is 0 Å². The maximum atomic E-state index is 11.7. The lowest BCUT2D eigenvalue weighted by Gasteiger charge is -2.35. The summed E-state index contributed by atoms with van der Waals surface area (Å²) in [4.78, 5) is 23.0. The van der Waals surface area contributed by atoms with Crippen molar-refractivity contribution in [2.45, 2.75) is 38.1 Å². The van der Waals surface area contributed by atoms with Crippen LogP contribution < -0.4 is 5.32 Å². The summed E-state index contributed by atoms with van der Waals surface area (Å²) in [7, 11) is 1.39. The molecule has 2 unspecified atom stereocenters. The van der Waals surface area contributed by atoms with Crippen molar-refractivity contribution in [3.8, 4) is 0 Å². The second kappa shape index (κ2) is 3.26. The number of methoxy groups -OCH3 is 1. The van der Waals surface area contributed by atoms with Crippen molar-refractivity contribution in [3.05, 3.63) is 0 Å². The van der Waals surface area contributed by atoms with Crippen molar-refractivity contribution in [1.29, 1.82) is 0 Å². The first kappa shape index (κ1) is 9.49. The minimum atomic E-state index is -0.552. The Labute approximate surface area is 83.0 Å². The van der Waals surface area contributed by atoms with Gasteiger partial charge in [-0.05, 0) is 12.8 Å². The number of rotatable bonds is 1. The smallest absolute Gasteiger partial charge is 0.314 e. The van der Waals surface area contributed by atoms with Crippen LogP contribution in [0.3, 0.4) is 0 Å². The summed E-state index contributed by atoms with van der Waals surface area (Å²) in [6, 6.07) is 0.0104. The summed E-state index contributed by atoms with van der Waals surface area (Å²) < 4.78 is 4.81. The van der Waals surface area contributed by atoms with E-state index in [1.807, 2.05) is 0 Å². The molecule has 1 saturated heterocycles. The largest absolute Gasteiger partial charge is 0.469 e. The van der Waals surface area contributed by atoms with E-state index in [0.29, 0.717) is 6.42 Å². The number of carbonyl (C=O) groups is 2. The van der Waals surface area contributed by atoms with Gasteiger partial charge in [-0.1, -0.05) is 12.8 Å². The minimum absolute atomic E-state index is 0.0104. The van der Waals surface area contributed by atoms with Gasteiger partial charge in [0, 0.05) is 12.5 Å². The molecule has 1 heterocycles. The van der Waals surface area contributed by atoms with Gasteiger partial charge in [0.15, 0.2) is 0 Å². The SMILES string of the molecule is COC(=O)C12CCCCC1NC(=O)C2. The van der Waals surface area contributed by atoms with Crippen molar-refractivity contribution >= 4 is 11.9 Å². The van der Waals surface area contributed by atoms with Crippen LogP contribution in [0.1, 0.15) is 32.1 Å². The lowest BCUT2D eigenvalue weighted by molar-refractivity contribution is -0.155. The molecule has 1 saturated carbocycles. The van der Waals surface area contributed by atoms with Gasteiger partial charge >= 0.3 is 5.97 Å². The van der Waals surface area contributed by atoms with Gasteiger partial charge in [0.2, 0.25) is 5.91 Å². The van der Waals surface area contributed by atoms with Crippen molar-refractivity contribution in [3.63, 3.8) is 0 Å². The van der Waals surface area contributed by atoms with E-state index in [1.54, 1.807) is 0 Å². The molecule has 14 heavy (non-hydrogen) atoms. The molecule has 1 amide bonds. The zero-order valence-corrected chi connectivity index (χ0v) is 8.34. The summed E-state index contributed by atoms with van der Waals surface area (Å²) in [5.74, 6) is -0.233. The number of nitrogens with one attached hydrogen (secondary N) is 1. The van der Waals surface area contributed by atoms with Crippen LogP contribution in [0.4, 0.5) is 0 Å². The van der Waals surface area contributed by atoms with Gasteiger partial charge in [0.1, 0.15) is 0 Å². The highest BCUT2D eigenvalue weighted by Crippen LogP contribution is 2.43. The molecule has 1 N–H and O–H groups in total. The van der Waals surface area contributed by atoms with Crippen LogP contribution in [0.5, 0.6) is 0 Å². The monoisotopic (exact) mass is 197 g/mol. The third kappa shape index (κ3) is 1.21. The Bertz CT molecular complexity index is 277. The quantitative estimate of drug-likeness (QED) is 0.626. The number of carbonyl (C=O) groups excluding carboxylic acids is 2. The molecule has 0 spiro atoms. The molecule has 2 fully saturated rings. The fraction of sp³-hybridized carbons (Fsp3) is 0.800. The fourth-order valence-electron chi connectivity index (χ4n) is 2.71. The molecule has 4 heteroatoms. The summed E-state index contributed by atoms with van der Waals surface area (Å²) in [5, 5.41) is 2.87. The third-order valence-corrected chi connectivity index (χ3v) is 3.44. The second-order valence-electron chi connectivity index (χ2n) is 4.19. The van der Waals surface area contributed by atoms with Gasteiger partial charge in [-0.3, -0.25) is 9.59 Å². The lowest BCUT2D eigenvalue weighted by Crippen LogP contribution is -2.45. The van der Waals surface area contributed by atoms with E-state index in [9.17, 15) is 9.59 Å². The highest BCUT2D eigenvalue weighted by molar-refractivity contribution is 5.90. The predicted octanol–water partition coefficient (Wildman–Crippen LogP) is 0.608. The van der Waals surface area contributed by atoms with E-state index in [0.717, 1.165) is 25.7 Å². The highest BCUT2D eigenvalue weighted by atomic mass is 16.5. The van der Waals surface area contributed by atoms with Gasteiger partial charge in [-0.25, -0.2) is 0 Å². The zero-order chi connectivity index (χ0) is 10.2. The Morgan fingerprint density at radius 3 is 3.07 bits per heavy atom. The number of hydrogen-bond donors (Lipinski definition) is 1. The van der Waals surface area contributed by atoms with E-state index in [4.69, 9.17) is 4.74 Å². The van der Waals surface area contributed by atoms with Gasteiger partial charge in [0.05, 0.1) is 12.5 Å². The standard InChI is InChI=1S/C10H15NO3/c1-14-9(13)10-5-3-2-4-7(10)11-8(12)6-10/h7H,2-6H2,1H3,(H,11,12). The van der Waals surface area contributed by atoms with Gasteiger partial charge in [-0.2, -0.15) is 0 Å². The molecule has 2 atom stereocenters. The first-order valence-corrected chi connectivity index (χ1v) is 5.07. The average molecular weight is 197 g/mol. The van der Waals surface area contributed by atoms with Crippen molar-refractivity contribution in [1.82, 2.24) is 5.32 Å². The summed E-state index contributed by atoms with van der Waals surface area (Å²) in [6.45, 7) is 0. The summed E-state index contributed by atoms with van der Waals surface area (Å²) in [6.07, 6.45) is 4.10. The molecular weight excluding hydrogens is 182 g/mol. The maximum absolute atomic E-state index is 11.7.